The van der Waals surface area contributed by atoms with E-state index in [2.05, 4.69) is 16.8 Å². The number of esters is 1. The van der Waals surface area contributed by atoms with Crippen LogP contribution >= 0.6 is 0 Å². The Balaban J connectivity index is 1.83. The van der Waals surface area contributed by atoms with Gasteiger partial charge in [0.2, 0.25) is 0 Å². The highest BCUT2D eigenvalue weighted by Crippen LogP contribution is 2.31. The second kappa shape index (κ2) is 11.0. The van der Waals surface area contributed by atoms with Crippen molar-refractivity contribution in [1.29, 1.82) is 0 Å². The number of hydrogen-bond acceptors (Lipinski definition) is 4. The number of carbonyl (C=O) groups is 1. The Morgan fingerprint density at radius 3 is 2.65 bits per heavy atom. The number of aromatic nitrogens is 2. The van der Waals surface area contributed by atoms with E-state index in [-0.39, 0.29) is 5.97 Å². The van der Waals surface area contributed by atoms with Crippen LogP contribution in [0.15, 0.2) is 54.7 Å². The van der Waals surface area contributed by atoms with E-state index in [1.807, 2.05) is 74.0 Å². The zero-order valence-electron chi connectivity index (χ0n) is 18.4. The molecule has 0 aliphatic carbocycles. The second-order valence-electron chi connectivity index (χ2n) is 7.15. The van der Waals surface area contributed by atoms with Crippen molar-refractivity contribution >= 4 is 5.97 Å². The number of nitrogens with zero attached hydrogens (tertiary/aromatic N) is 2. The summed E-state index contributed by atoms with van der Waals surface area (Å²) in [4.78, 5) is 16.7. The lowest BCUT2D eigenvalue weighted by molar-refractivity contribution is -0.134. The molecule has 2 aromatic carbocycles. The number of hydrogen-bond donors (Lipinski definition) is 0. The van der Waals surface area contributed by atoms with Gasteiger partial charge in [0.1, 0.15) is 5.82 Å². The molecule has 0 atom stereocenters. The van der Waals surface area contributed by atoms with E-state index in [1.54, 1.807) is 6.07 Å². The summed E-state index contributed by atoms with van der Waals surface area (Å²) in [5.74, 6) is 7.94. The van der Waals surface area contributed by atoms with Gasteiger partial charge >= 0.3 is 5.97 Å². The molecule has 0 saturated carbocycles. The predicted octanol–water partition coefficient (Wildman–Crippen LogP) is 5.40. The van der Waals surface area contributed by atoms with Crippen LogP contribution < -0.4 is 9.47 Å². The first-order chi connectivity index (χ1) is 15.1. The highest BCUT2D eigenvalue weighted by Gasteiger charge is 2.13. The SMILES string of the molecule is CCCCC(=O)Oc1cccc(C#CCn2cc(C)nc2-c2ccccc2)c1OCC. The molecule has 0 radical (unpaired) electrons. The molecule has 0 N–H and O–H groups in total. The molecule has 0 unspecified atom stereocenters. The molecule has 1 aromatic heterocycles. The van der Waals surface area contributed by atoms with E-state index in [0.717, 1.165) is 29.9 Å². The number of carbonyl (C=O) groups excluding carboxylic acids is 1. The van der Waals surface area contributed by atoms with E-state index in [0.29, 0.717) is 36.6 Å². The fourth-order valence-electron chi connectivity index (χ4n) is 3.19. The maximum absolute atomic E-state index is 12.1. The van der Waals surface area contributed by atoms with Crippen LogP contribution in [0, 0.1) is 18.8 Å². The normalized spacial score (nSPS) is 10.3. The number of ether oxygens (including phenoxy) is 2. The maximum Gasteiger partial charge on any atom is 0.311 e. The van der Waals surface area contributed by atoms with Crippen LogP contribution in [0.3, 0.4) is 0 Å². The van der Waals surface area contributed by atoms with Crippen LogP contribution in [-0.2, 0) is 11.3 Å². The number of rotatable bonds is 8. The number of unbranched alkanes of at least 4 members (excludes halogenated alkanes) is 1. The molecule has 0 aliphatic heterocycles. The average Bonchev–Trinajstić information content (AvgIpc) is 3.15. The quantitative estimate of drug-likeness (QED) is 0.280. The van der Waals surface area contributed by atoms with Crippen molar-refractivity contribution in [2.24, 2.45) is 0 Å². The van der Waals surface area contributed by atoms with Crippen molar-refractivity contribution < 1.29 is 14.3 Å². The third kappa shape index (κ3) is 5.99. The molecule has 0 saturated heterocycles. The zero-order chi connectivity index (χ0) is 22.1. The summed E-state index contributed by atoms with van der Waals surface area (Å²) >= 11 is 0. The first kappa shape index (κ1) is 22.2. The minimum atomic E-state index is -0.255. The Kier molecular flexibility index (Phi) is 7.89. The van der Waals surface area contributed by atoms with Crippen molar-refractivity contribution in [3.05, 3.63) is 66.0 Å². The Morgan fingerprint density at radius 1 is 1.10 bits per heavy atom. The Hall–Kier alpha value is -3.52. The number of imidazole rings is 1. The van der Waals surface area contributed by atoms with E-state index in [4.69, 9.17) is 9.47 Å². The Bertz CT molecular complexity index is 1080. The summed E-state index contributed by atoms with van der Waals surface area (Å²) in [6.07, 6.45) is 4.13. The lowest BCUT2D eigenvalue weighted by Crippen LogP contribution is -2.09. The molecule has 31 heavy (non-hydrogen) atoms. The van der Waals surface area contributed by atoms with Crippen LogP contribution in [-0.4, -0.2) is 22.1 Å². The van der Waals surface area contributed by atoms with Gasteiger partial charge in [-0.05, 0) is 32.4 Å². The average molecular weight is 417 g/mol. The Morgan fingerprint density at radius 2 is 1.90 bits per heavy atom. The first-order valence-corrected chi connectivity index (χ1v) is 10.7. The van der Waals surface area contributed by atoms with E-state index in [9.17, 15) is 4.79 Å². The summed E-state index contributed by atoms with van der Waals surface area (Å²) in [6.45, 7) is 6.85. The minimum Gasteiger partial charge on any atom is -0.489 e. The van der Waals surface area contributed by atoms with Gasteiger partial charge in [-0.1, -0.05) is 61.6 Å². The predicted molar refractivity (Wildman–Crippen MR) is 122 cm³/mol. The van der Waals surface area contributed by atoms with Crippen LogP contribution in [0.25, 0.3) is 11.4 Å². The van der Waals surface area contributed by atoms with Gasteiger partial charge in [-0.15, -0.1) is 0 Å². The summed E-state index contributed by atoms with van der Waals surface area (Å²) < 4.78 is 13.3. The number of para-hydroxylation sites is 1. The van der Waals surface area contributed by atoms with Crippen LogP contribution in [0.1, 0.15) is 44.4 Å². The summed E-state index contributed by atoms with van der Waals surface area (Å²) in [6, 6.07) is 15.5. The third-order valence-electron chi connectivity index (χ3n) is 4.63. The second-order valence-corrected chi connectivity index (χ2v) is 7.15. The highest BCUT2D eigenvalue weighted by atomic mass is 16.6. The monoisotopic (exact) mass is 416 g/mol. The molecule has 0 amide bonds. The summed E-state index contributed by atoms with van der Waals surface area (Å²) in [5.41, 5.74) is 2.69. The molecule has 3 aromatic rings. The van der Waals surface area contributed by atoms with E-state index in [1.165, 1.54) is 0 Å². The molecule has 0 bridgehead atoms. The van der Waals surface area contributed by atoms with Crippen LogP contribution in [0.4, 0.5) is 0 Å². The maximum atomic E-state index is 12.1. The topological polar surface area (TPSA) is 53.4 Å². The molecule has 5 heteroatoms. The number of benzene rings is 2. The van der Waals surface area contributed by atoms with Crippen molar-refractivity contribution in [1.82, 2.24) is 9.55 Å². The van der Waals surface area contributed by atoms with Gasteiger partial charge in [-0.3, -0.25) is 4.79 Å². The fraction of sp³-hybridized carbons (Fsp3) is 0.308. The molecular weight excluding hydrogens is 388 g/mol. The molecule has 0 fully saturated rings. The molecule has 3 rings (SSSR count). The lowest BCUT2D eigenvalue weighted by atomic mass is 10.2. The smallest absolute Gasteiger partial charge is 0.311 e. The fourth-order valence-corrected chi connectivity index (χ4v) is 3.19. The molecule has 5 nitrogen and oxygen atoms in total. The van der Waals surface area contributed by atoms with Crippen molar-refractivity contribution in [2.45, 2.75) is 46.6 Å². The van der Waals surface area contributed by atoms with Gasteiger partial charge in [-0.25, -0.2) is 4.98 Å². The standard InChI is InChI=1S/C26H28N2O3/c1-4-6-17-24(29)31-23-16-10-14-21(25(23)30-5-2)15-11-18-28-19-20(3)27-26(28)22-12-8-7-9-13-22/h7-10,12-14,16,19H,4-6,17-18H2,1-3H3. The molecule has 1 heterocycles. The third-order valence-corrected chi connectivity index (χ3v) is 4.63. The minimum absolute atomic E-state index is 0.255. The zero-order valence-corrected chi connectivity index (χ0v) is 18.4. The van der Waals surface area contributed by atoms with Crippen LogP contribution in [0.2, 0.25) is 0 Å². The molecule has 0 spiro atoms. The van der Waals surface area contributed by atoms with Crippen LogP contribution in [0.5, 0.6) is 11.5 Å². The molecule has 160 valence electrons. The number of aryl methyl sites for hydroxylation is 1. The Labute approximate surface area is 184 Å². The summed E-state index contributed by atoms with van der Waals surface area (Å²) in [7, 11) is 0. The van der Waals surface area contributed by atoms with E-state index < -0.39 is 0 Å². The van der Waals surface area contributed by atoms with Crippen molar-refractivity contribution in [3.63, 3.8) is 0 Å². The molecule has 0 aliphatic rings. The van der Waals surface area contributed by atoms with Gasteiger partial charge in [0.25, 0.3) is 0 Å². The lowest BCUT2D eigenvalue weighted by Gasteiger charge is -2.12. The van der Waals surface area contributed by atoms with Gasteiger partial charge in [-0.2, -0.15) is 0 Å². The van der Waals surface area contributed by atoms with Crippen molar-refractivity contribution in [3.8, 4) is 34.7 Å². The first-order valence-electron chi connectivity index (χ1n) is 10.7. The van der Waals surface area contributed by atoms with Gasteiger partial charge in [0, 0.05) is 18.2 Å². The van der Waals surface area contributed by atoms with Gasteiger partial charge in [0.05, 0.1) is 24.4 Å². The molecular formula is C26H28N2O3. The highest BCUT2D eigenvalue weighted by molar-refractivity contribution is 5.74. The largest absolute Gasteiger partial charge is 0.489 e. The summed E-state index contributed by atoms with van der Waals surface area (Å²) in [5, 5.41) is 0. The van der Waals surface area contributed by atoms with E-state index >= 15 is 0 Å². The van der Waals surface area contributed by atoms with Crippen molar-refractivity contribution in [2.75, 3.05) is 6.61 Å². The van der Waals surface area contributed by atoms with Gasteiger partial charge < -0.3 is 14.0 Å². The van der Waals surface area contributed by atoms with Gasteiger partial charge in [0.15, 0.2) is 11.5 Å².